The molecule has 2 aromatic carbocycles. The number of aryl methyl sites for hydroxylation is 3. The Kier molecular flexibility index (Phi) is 4.54. The van der Waals surface area contributed by atoms with E-state index in [-0.39, 0.29) is 5.91 Å². The summed E-state index contributed by atoms with van der Waals surface area (Å²) in [6.07, 6.45) is 5.16. The average molecular weight is 346 g/mol. The Morgan fingerprint density at radius 1 is 1.15 bits per heavy atom. The number of aromatic amines is 1. The molecule has 0 spiro atoms. The molecule has 4 rings (SSSR count). The monoisotopic (exact) mass is 346 g/mol. The van der Waals surface area contributed by atoms with Gasteiger partial charge >= 0.3 is 0 Å². The SMILES string of the molecule is NC(CCc1ccccc1)C(=O)Nc1ccc2c(c1)CCc1[nH]ncc1-2. The number of hydrogen-bond donors (Lipinski definition) is 3. The number of carbonyl (C=O) groups is 1. The van der Waals surface area contributed by atoms with Crippen molar-refractivity contribution in [3.8, 4) is 11.1 Å². The maximum absolute atomic E-state index is 12.4. The van der Waals surface area contributed by atoms with Gasteiger partial charge in [0.2, 0.25) is 5.91 Å². The zero-order valence-electron chi connectivity index (χ0n) is 14.5. The van der Waals surface area contributed by atoms with Crippen molar-refractivity contribution < 1.29 is 4.79 Å². The van der Waals surface area contributed by atoms with Gasteiger partial charge in [0, 0.05) is 16.9 Å². The van der Waals surface area contributed by atoms with Crippen LogP contribution in [0.15, 0.2) is 54.7 Å². The summed E-state index contributed by atoms with van der Waals surface area (Å²) in [6.45, 7) is 0. The number of nitrogens with two attached hydrogens (primary N) is 1. The van der Waals surface area contributed by atoms with E-state index in [2.05, 4.69) is 27.6 Å². The number of rotatable bonds is 5. The molecular weight excluding hydrogens is 324 g/mol. The summed E-state index contributed by atoms with van der Waals surface area (Å²) in [4.78, 5) is 12.4. The molecule has 132 valence electrons. The van der Waals surface area contributed by atoms with Crippen molar-refractivity contribution in [2.45, 2.75) is 31.7 Å². The Labute approximate surface area is 152 Å². The fraction of sp³-hybridized carbons (Fsp3) is 0.238. The molecule has 3 aromatic rings. The summed E-state index contributed by atoms with van der Waals surface area (Å²) in [5.41, 5.74) is 12.8. The minimum Gasteiger partial charge on any atom is -0.325 e. The van der Waals surface area contributed by atoms with Crippen LogP contribution in [0.5, 0.6) is 0 Å². The van der Waals surface area contributed by atoms with Crippen LogP contribution in [0.1, 0.15) is 23.2 Å². The van der Waals surface area contributed by atoms with E-state index in [1.807, 2.05) is 42.6 Å². The van der Waals surface area contributed by atoms with Crippen molar-refractivity contribution in [3.63, 3.8) is 0 Å². The minimum atomic E-state index is -0.522. The molecule has 5 heteroatoms. The molecule has 1 aliphatic rings. The fourth-order valence-corrected chi connectivity index (χ4v) is 3.47. The lowest BCUT2D eigenvalue weighted by molar-refractivity contribution is -0.117. The lowest BCUT2D eigenvalue weighted by Gasteiger charge is -2.18. The number of H-pyrrole nitrogens is 1. The van der Waals surface area contributed by atoms with Gasteiger partial charge < -0.3 is 11.1 Å². The third kappa shape index (κ3) is 3.39. The Hall–Kier alpha value is -2.92. The van der Waals surface area contributed by atoms with Crippen LogP contribution in [-0.2, 0) is 24.1 Å². The molecule has 1 aromatic heterocycles. The average Bonchev–Trinajstić information content (AvgIpc) is 3.16. The van der Waals surface area contributed by atoms with Crippen LogP contribution in [0.4, 0.5) is 5.69 Å². The Balaban J connectivity index is 1.40. The number of anilines is 1. The molecule has 1 atom stereocenters. The zero-order chi connectivity index (χ0) is 17.9. The van der Waals surface area contributed by atoms with Gasteiger partial charge in [-0.3, -0.25) is 9.89 Å². The van der Waals surface area contributed by atoms with E-state index in [0.29, 0.717) is 6.42 Å². The Morgan fingerprint density at radius 3 is 2.85 bits per heavy atom. The number of amides is 1. The van der Waals surface area contributed by atoms with E-state index in [4.69, 9.17) is 5.73 Å². The summed E-state index contributed by atoms with van der Waals surface area (Å²) in [6, 6.07) is 15.6. The smallest absolute Gasteiger partial charge is 0.241 e. The van der Waals surface area contributed by atoms with E-state index in [1.165, 1.54) is 22.4 Å². The number of aromatic nitrogens is 2. The maximum atomic E-state index is 12.4. The van der Waals surface area contributed by atoms with Gasteiger partial charge in [-0.15, -0.1) is 0 Å². The number of hydrogen-bond acceptors (Lipinski definition) is 3. The molecule has 5 nitrogen and oxygen atoms in total. The molecular formula is C21H22N4O. The Morgan fingerprint density at radius 2 is 2.00 bits per heavy atom. The summed E-state index contributed by atoms with van der Waals surface area (Å²) in [7, 11) is 0. The molecule has 1 aliphatic carbocycles. The molecule has 1 heterocycles. The topological polar surface area (TPSA) is 83.8 Å². The highest BCUT2D eigenvalue weighted by Gasteiger charge is 2.19. The van der Waals surface area contributed by atoms with E-state index in [9.17, 15) is 4.79 Å². The first kappa shape index (κ1) is 16.5. The fourth-order valence-electron chi connectivity index (χ4n) is 3.47. The molecule has 1 amide bonds. The standard InChI is InChI=1S/C21H22N4O/c22-19(10-6-14-4-2-1-3-5-14)21(26)24-16-8-9-17-15(12-16)7-11-20-18(17)13-23-25-20/h1-5,8-9,12-13,19H,6-7,10-11,22H2,(H,23,25)(H,24,26). The number of fused-ring (bicyclic) bond motifs is 3. The highest BCUT2D eigenvalue weighted by molar-refractivity contribution is 5.95. The van der Waals surface area contributed by atoms with Gasteiger partial charge in [0.25, 0.3) is 0 Å². The van der Waals surface area contributed by atoms with Gasteiger partial charge in [-0.05, 0) is 54.5 Å². The van der Waals surface area contributed by atoms with Crippen molar-refractivity contribution in [2.24, 2.45) is 5.73 Å². The van der Waals surface area contributed by atoms with Crippen molar-refractivity contribution in [1.82, 2.24) is 10.2 Å². The van der Waals surface area contributed by atoms with Crippen molar-refractivity contribution in [2.75, 3.05) is 5.32 Å². The molecule has 0 aliphatic heterocycles. The highest BCUT2D eigenvalue weighted by atomic mass is 16.2. The maximum Gasteiger partial charge on any atom is 0.241 e. The van der Waals surface area contributed by atoms with E-state index >= 15 is 0 Å². The van der Waals surface area contributed by atoms with Crippen molar-refractivity contribution in [3.05, 3.63) is 71.5 Å². The van der Waals surface area contributed by atoms with Crippen molar-refractivity contribution in [1.29, 1.82) is 0 Å². The van der Waals surface area contributed by atoms with E-state index < -0.39 is 6.04 Å². The second-order valence-electron chi connectivity index (χ2n) is 6.75. The van der Waals surface area contributed by atoms with Gasteiger partial charge in [0.05, 0.1) is 12.2 Å². The largest absolute Gasteiger partial charge is 0.325 e. The van der Waals surface area contributed by atoms with Crippen LogP contribution in [0.25, 0.3) is 11.1 Å². The number of nitrogens with one attached hydrogen (secondary N) is 2. The zero-order valence-corrected chi connectivity index (χ0v) is 14.5. The lowest BCUT2D eigenvalue weighted by Crippen LogP contribution is -2.36. The molecule has 26 heavy (non-hydrogen) atoms. The quantitative estimate of drug-likeness (QED) is 0.664. The normalized spacial score (nSPS) is 13.6. The lowest BCUT2D eigenvalue weighted by atomic mass is 9.90. The van der Waals surface area contributed by atoms with Gasteiger partial charge in [0.15, 0.2) is 0 Å². The van der Waals surface area contributed by atoms with Crippen LogP contribution >= 0.6 is 0 Å². The first-order valence-electron chi connectivity index (χ1n) is 8.96. The first-order chi connectivity index (χ1) is 12.7. The van der Waals surface area contributed by atoms with Crippen molar-refractivity contribution >= 4 is 11.6 Å². The van der Waals surface area contributed by atoms with Gasteiger partial charge in [-0.1, -0.05) is 36.4 Å². The van der Waals surface area contributed by atoms with E-state index in [0.717, 1.165) is 30.5 Å². The summed E-state index contributed by atoms with van der Waals surface area (Å²) in [5, 5.41) is 10.1. The predicted molar refractivity (Wildman–Crippen MR) is 103 cm³/mol. The molecule has 1 unspecified atom stereocenters. The van der Waals surface area contributed by atoms with Crippen LogP contribution in [-0.4, -0.2) is 22.1 Å². The minimum absolute atomic E-state index is 0.138. The van der Waals surface area contributed by atoms with Gasteiger partial charge in [0.1, 0.15) is 0 Å². The molecule has 0 saturated heterocycles. The van der Waals surface area contributed by atoms with Crippen LogP contribution in [0, 0.1) is 0 Å². The van der Waals surface area contributed by atoms with Crippen LogP contribution in [0.2, 0.25) is 0 Å². The molecule has 4 N–H and O–H groups in total. The third-order valence-corrected chi connectivity index (χ3v) is 4.95. The number of benzene rings is 2. The van der Waals surface area contributed by atoms with Crippen LogP contribution in [0.3, 0.4) is 0 Å². The molecule has 0 saturated carbocycles. The van der Waals surface area contributed by atoms with Gasteiger partial charge in [-0.2, -0.15) is 5.10 Å². The van der Waals surface area contributed by atoms with Crippen LogP contribution < -0.4 is 11.1 Å². The second-order valence-corrected chi connectivity index (χ2v) is 6.75. The highest BCUT2D eigenvalue weighted by Crippen LogP contribution is 2.33. The summed E-state index contributed by atoms with van der Waals surface area (Å²) < 4.78 is 0. The molecule has 0 fully saturated rings. The molecule has 0 bridgehead atoms. The second kappa shape index (κ2) is 7.14. The summed E-state index contributed by atoms with van der Waals surface area (Å²) >= 11 is 0. The van der Waals surface area contributed by atoms with E-state index in [1.54, 1.807) is 0 Å². The number of nitrogens with zero attached hydrogens (tertiary/aromatic N) is 1. The predicted octanol–water partition coefficient (Wildman–Crippen LogP) is 3.07. The summed E-state index contributed by atoms with van der Waals surface area (Å²) in [5.74, 6) is -0.138. The third-order valence-electron chi connectivity index (χ3n) is 4.95. The first-order valence-corrected chi connectivity index (χ1v) is 8.96. The Bertz CT molecular complexity index is 917. The van der Waals surface area contributed by atoms with Gasteiger partial charge in [-0.25, -0.2) is 0 Å². The number of carbonyl (C=O) groups excluding carboxylic acids is 1. The molecule has 0 radical (unpaired) electrons.